The molecule has 1 aliphatic rings. The molecule has 0 aromatic carbocycles. The van der Waals surface area contributed by atoms with E-state index in [0.717, 1.165) is 6.67 Å². The van der Waals surface area contributed by atoms with Crippen LogP contribution < -0.4 is 4.13 Å². The maximum absolute atomic E-state index is 11.5. The SMILES string of the molecule is C=CN1C=CN(CCO)C1.O=S(=O)(NS(=O)(=O)C(F)(F)F)C(F)(F)F. The molecule has 0 aliphatic carbocycles. The van der Waals surface area contributed by atoms with Gasteiger partial charge in [0.2, 0.25) is 0 Å². The van der Waals surface area contributed by atoms with E-state index >= 15 is 0 Å². The molecule has 8 nitrogen and oxygen atoms in total. The third kappa shape index (κ3) is 7.09. The Kier molecular flexibility index (Phi) is 7.74. The van der Waals surface area contributed by atoms with Crippen molar-refractivity contribution in [2.24, 2.45) is 0 Å². The lowest BCUT2D eigenvalue weighted by atomic mass is 10.6. The van der Waals surface area contributed by atoms with E-state index in [2.05, 4.69) is 6.58 Å². The highest BCUT2D eigenvalue weighted by Crippen LogP contribution is 2.27. The number of β-amino-alcohol motifs (C(OH)–C–C–N with tert-alkyl or cyclic N) is 1. The smallest absolute Gasteiger partial charge is 0.395 e. The lowest BCUT2D eigenvalue weighted by Gasteiger charge is -2.16. The summed E-state index contributed by atoms with van der Waals surface area (Å²) in [5, 5.41) is 8.57. The van der Waals surface area contributed by atoms with Crippen molar-refractivity contribution in [1.82, 2.24) is 13.9 Å². The van der Waals surface area contributed by atoms with E-state index < -0.39 is 35.2 Å². The molecule has 0 radical (unpaired) electrons. The number of aliphatic hydroxyl groups is 1. The van der Waals surface area contributed by atoms with Crippen molar-refractivity contribution in [3.8, 4) is 0 Å². The molecule has 0 bridgehead atoms. The number of halogens is 6. The molecule has 16 heteroatoms. The third-order valence-corrected chi connectivity index (χ3v) is 5.24. The van der Waals surface area contributed by atoms with Crippen LogP contribution in [0.1, 0.15) is 0 Å². The molecule has 0 amide bonds. The largest absolute Gasteiger partial charge is 0.512 e. The van der Waals surface area contributed by atoms with E-state index in [-0.39, 0.29) is 6.61 Å². The Morgan fingerprint density at radius 1 is 1.04 bits per heavy atom. The molecule has 0 spiro atoms. The van der Waals surface area contributed by atoms with Crippen LogP contribution in [-0.4, -0.2) is 62.6 Å². The van der Waals surface area contributed by atoms with Gasteiger partial charge in [-0.2, -0.15) is 26.3 Å². The van der Waals surface area contributed by atoms with E-state index in [9.17, 15) is 43.2 Å². The summed E-state index contributed by atoms with van der Waals surface area (Å²) in [7, 11) is -13.2. The van der Waals surface area contributed by atoms with Gasteiger partial charge in [0.25, 0.3) is 0 Å². The van der Waals surface area contributed by atoms with Crippen molar-refractivity contribution in [2.45, 2.75) is 11.0 Å². The molecule has 0 aromatic heterocycles. The summed E-state index contributed by atoms with van der Waals surface area (Å²) in [5.74, 6) is 0. The van der Waals surface area contributed by atoms with Crippen molar-refractivity contribution in [2.75, 3.05) is 19.8 Å². The topological polar surface area (TPSA) is 107 Å². The molecule has 0 aromatic rings. The van der Waals surface area contributed by atoms with E-state index in [1.165, 1.54) is 0 Å². The van der Waals surface area contributed by atoms with Crippen LogP contribution >= 0.6 is 0 Å². The summed E-state index contributed by atoms with van der Waals surface area (Å²) in [6.07, 6.45) is 5.63. The van der Waals surface area contributed by atoms with E-state index in [1.807, 2.05) is 22.2 Å². The van der Waals surface area contributed by atoms with Crippen molar-refractivity contribution in [3.63, 3.8) is 0 Å². The average Bonchev–Trinajstić information content (AvgIpc) is 2.84. The van der Waals surface area contributed by atoms with Gasteiger partial charge < -0.3 is 14.9 Å². The molecule has 0 unspecified atom stereocenters. The summed E-state index contributed by atoms with van der Waals surface area (Å²) in [6, 6.07) is 0. The molecule has 0 saturated carbocycles. The Morgan fingerprint density at radius 2 is 1.48 bits per heavy atom. The summed E-state index contributed by atoms with van der Waals surface area (Å²) in [6.45, 7) is 5.33. The van der Waals surface area contributed by atoms with Gasteiger partial charge in [-0.1, -0.05) is 10.7 Å². The minimum atomic E-state index is -6.60. The Morgan fingerprint density at radius 3 is 1.76 bits per heavy atom. The Balaban J connectivity index is 0.000000496. The molecule has 1 rings (SSSR count). The second-order valence-corrected chi connectivity index (χ2v) is 7.76. The standard InChI is InChI=1S/C7H12N2O.C2HF6NO4S2/c1-2-8-3-4-9(7-8)5-6-10;3-1(4,5)14(10,11)9-15(12,13)2(6,7)8/h2-4,10H,1,5-7H2;9H. The highest BCUT2D eigenvalue weighted by molar-refractivity contribution is 8.05. The zero-order valence-corrected chi connectivity index (χ0v) is 13.8. The highest BCUT2D eigenvalue weighted by Gasteiger charge is 2.55. The number of hydrogen-bond donors (Lipinski definition) is 2. The molecule has 1 aliphatic heterocycles. The number of alkyl halides is 6. The maximum Gasteiger partial charge on any atom is 0.512 e. The molecule has 0 fully saturated rings. The van der Waals surface area contributed by atoms with Crippen molar-refractivity contribution >= 4 is 20.0 Å². The Hall–Kier alpha value is -1.52. The minimum Gasteiger partial charge on any atom is -0.395 e. The number of rotatable bonds is 5. The average molecular weight is 421 g/mol. The van der Waals surface area contributed by atoms with Crippen LogP contribution in [-0.2, 0) is 20.0 Å². The van der Waals surface area contributed by atoms with Crippen LogP contribution in [0.2, 0.25) is 0 Å². The molecular formula is C9H13F6N3O5S2. The lowest BCUT2D eigenvalue weighted by molar-refractivity contribution is -0.0476. The first-order valence-electron chi connectivity index (χ1n) is 5.90. The number of sulfonamides is 2. The Bertz CT molecular complexity index is 644. The number of nitrogens with zero attached hydrogens (tertiary/aromatic N) is 2. The quantitative estimate of drug-likeness (QED) is 0.621. The van der Waals surface area contributed by atoms with Gasteiger partial charge in [-0.15, -0.1) is 0 Å². The molecule has 25 heavy (non-hydrogen) atoms. The molecule has 148 valence electrons. The summed E-state index contributed by atoms with van der Waals surface area (Å²) in [5.41, 5.74) is -12.3. The zero-order valence-electron chi connectivity index (χ0n) is 12.1. The second-order valence-electron chi connectivity index (χ2n) is 4.15. The normalized spacial score (nSPS) is 15.8. The van der Waals surface area contributed by atoms with Crippen molar-refractivity contribution in [3.05, 3.63) is 25.2 Å². The second kappa shape index (κ2) is 8.24. The first kappa shape index (κ1) is 23.5. The highest BCUT2D eigenvalue weighted by atomic mass is 32.3. The summed E-state index contributed by atoms with van der Waals surface area (Å²) < 4.78 is 108. The maximum atomic E-state index is 11.5. The predicted molar refractivity (Wildman–Crippen MR) is 72.9 cm³/mol. The van der Waals surface area contributed by atoms with Crippen LogP contribution in [0.25, 0.3) is 0 Å². The Labute approximate surface area is 139 Å². The fraction of sp³-hybridized carbons (Fsp3) is 0.556. The molecule has 2 N–H and O–H groups in total. The van der Waals surface area contributed by atoms with Crippen LogP contribution in [0.5, 0.6) is 0 Å². The van der Waals surface area contributed by atoms with Crippen LogP contribution in [0.15, 0.2) is 25.2 Å². The number of aliphatic hydroxyl groups excluding tert-OH is 1. The van der Waals surface area contributed by atoms with E-state index in [0.29, 0.717) is 6.54 Å². The third-order valence-electron chi connectivity index (χ3n) is 2.26. The van der Waals surface area contributed by atoms with Gasteiger partial charge in [-0.3, -0.25) is 0 Å². The van der Waals surface area contributed by atoms with Crippen LogP contribution in [0.4, 0.5) is 26.3 Å². The fourth-order valence-electron chi connectivity index (χ4n) is 1.12. The zero-order chi connectivity index (χ0) is 20.1. The fourth-order valence-corrected chi connectivity index (χ4v) is 3.03. The predicted octanol–water partition coefficient (Wildman–Crippen LogP) is 0.444. The van der Waals surface area contributed by atoms with E-state index in [4.69, 9.17) is 5.11 Å². The lowest BCUT2D eigenvalue weighted by Crippen LogP contribution is -2.45. The number of hydrogen-bond acceptors (Lipinski definition) is 7. The monoisotopic (exact) mass is 421 g/mol. The van der Waals surface area contributed by atoms with Gasteiger partial charge in [0.15, 0.2) is 0 Å². The van der Waals surface area contributed by atoms with E-state index in [1.54, 1.807) is 6.20 Å². The van der Waals surface area contributed by atoms with Crippen LogP contribution in [0, 0.1) is 0 Å². The van der Waals surface area contributed by atoms with Crippen molar-refractivity contribution in [1.29, 1.82) is 0 Å². The van der Waals surface area contributed by atoms with Gasteiger partial charge >= 0.3 is 31.1 Å². The molecule has 0 atom stereocenters. The van der Waals surface area contributed by atoms with Gasteiger partial charge in [0.1, 0.15) is 0 Å². The molecule has 0 saturated heterocycles. The van der Waals surface area contributed by atoms with Gasteiger partial charge in [-0.25, -0.2) is 16.8 Å². The molecular weight excluding hydrogens is 408 g/mol. The van der Waals surface area contributed by atoms with Crippen molar-refractivity contribution < 1.29 is 48.3 Å². The molecule has 1 heterocycles. The van der Waals surface area contributed by atoms with Gasteiger partial charge in [-0.05, 0) is 6.20 Å². The van der Waals surface area contributed by atoms with Crippen LogP contribution in [0.3, 0.4) is 0 Å². The minimum absolute atomic E-state index is 0.204. The van der Waals surface area contributed by atoms with Gasteiger partial charge in [0, 0.05) is 18.9 Å². The first-order valence-corrected chi connectivity index (χ1v) is 8.86. The van der Waals surface area contributed by atoms with Gasteiger partial charge in [0.05, 0.1) is 13.3 Å². The first-order chi connectivity index (χ1) is 11.1. The summed E-state index contributed by atoms with van der Waals surface area (Å²) in [4.78, 5) is 3.97. The summed E-state index contributed by atoms with van der Waals surface area (Å²) >= 11 is 0. The number of nitrogens with one attached hydrogen (secondary N) is 1.